The molecular weight excluding hydrogens is 184 g/mol. The summed E-state index contributed by atoms with van der Waals surface area (Å²) in [5.74, 6) is 1.81. The standard InChI is InChI=1S/C13H26N2/c1-3-11-5-4-8-15(9-11)13(2,10-14)12-6-7-12/h11-12H,3-10,14H2,1-2H3. The lowest BCUT2D eigenvalue weighted by Crippen LogP contribution is -2.56. The molecule has 2 nitrogen and oxygen atoms in total. The maximum Gasteiger partial charge on any atom is 0.0331 e. The van der Waals surface area contributed by atoms with Crippen molar-refractivity contribution in [2.24, 2.45) is 17.6 Å². The lowest BCUT2D eigenvalue weighted by atomic mass is 9.87. The second-order valence-corrected chi connectivity index (χ2v) is 5.70. The van der Waals surface area contributed by atoms with Gasteiger partial charge in [0.05, 0.1) is 0 Å². The van der Waals surface area contributed by atoms with E-state index in [-0.39, 0.29) is 0 Å². The third-order valence-corrected chi connectivity index (χ3v) is 4.69. The largest absolute Gasteiger partial charge is 0.329 e. The van der Waals surface area contributed by atoms with Gasteiger partial charge in [-0.25, -0.2) is 0 Å². The van der Waals surface area contributed by atoms with E-state index in [1.165, 1.54) is 45.2 Å². The van der Waals surface area contributed by atoms with Crippen molar-refractivity contribution in [3.05, 3.63) is 0 Å². The first-order valence-electron chi connectivity index (χ1n) is 6.65. The number of hydrogen-bond donors (Lipinski definition) is 1. The van der Waals surface area contributed by atoms with Crippen LogP contribution in [0.15, 0.2) is 0 Å². The van der Waals surface area contributed by atoms with Crippen molar-refractivity contribution in [2.75, 3.05) is 19.6 Å². The minimum atomic E-state index is 0.313. The fourth-order valence-corrected chi connectivity index (χ4v) is 3.12. The second kappa shape index (κ2) is 4.42. The number of likely N-dealkylation sites (tertiary alicyclic amines) is 1. The molecule has 2 atom stereocenters. The second-order valence-electron chi connectivity index (χ2n) is 5.70. The molecule has 2 heteroatoms. The number of piperidine rings is 1. The molecule has 0 spiro atoms. The fourth-order valence-electron chi connectivity index (χ4n) is 3.12. The molecule has 0 bridgehead atoms. The zero-order valence-corrected chi connectivity index (χ0v) is 10.3. The Kier molecular flexibility index (Phi) is 3.36. The van der Waals surface area contributed by atoms with Crippen LogP contribution >= 0.6 is 0 Å². The molecule has 2 fully saturated rings. The predicted molar refractivity (Wildman–Crippen MR) is 64.8 cm³/mol. The van der Waals surface area contributed by atoms with Gasteiger partial charge in [0.15, 0.2) is 0 Å². The summed E-state index contributed by atoms with van der Waals surface area (Å²) >= 11 is 0. The molecule has 15 heavy (non-hydrogen) atoms. The van der Waals surface area contributed by atoms with Crippen LogP contribution in [-0.2, 0) is 0 Å². The third-order valence-electron chi connectivity index (χ3n) is 4.69. The van der Waals surface area contributed by atoms with Crippen molar-refractivity contribution in [2.45, 2.75) is 51.5 Å². The van der Waals surface area contributed by atoms with Crippen molar-refractivity contribution < 1.29 is 0 Å². The molecule has 2 aliphatic rings. The van der Waals surface area contributed by atoms with E-state index in [0.717, 1.165) is 18.4 Å². The Morgan fingerprint density at radius 2 is 2.07 bits per heavy atom. The van der Waals surface area contributed by atoms with Gasteiger partial charge >= 0.3 is 0 Å². The molecular formula is C13H26N2. The molecule has 0 aromatic rings. The van der Waals surface area contributed by atoms with E-state index in [2.05, 4.69) is 18.7 Å². The molecule has 1 saturated heterocycles. The van der Waals surface area contributed by atoms with Gasteiger partial charge in [0.25, 0.3) is 0 Å². The number of rotatable bonds is 4. The first-order chi connectivity index (χ1) is 7.20. The topological polar surface area (TPSA) is 29.3 Å². The van der Waals surface area contributed by atoms with Crippen LogP contribution in [0.5, 0.6) is 0 Å². The van der Waals surface area contributed by atoms with Crippen LogP contribution in [0, 0.1) is 11.8 Å². The Balaban J connectivity index is 2.00. The smallest absolute Gasteiger partial charge is 0.0331 e. The zero-order chi connectivity index (χ0) is 10.9. The summed E-state index contributed by atoms with van der Waals surface area (Å²) < 4.78 is 0. The molecule has 88 valence electrons. The van der Waals surface area contributed by atoms with Crippen LogP contribution in [0.4, 0.5) is 0 Å². The van der Waals surface area contributed by atoms with Crippen LogP contribution < -0.4 is 5.73 Å². The Morgan fingerprint density at radius 3 is 2.60 bits per heavy atom. The monoisotopic (exact) mass is 210 g/mol. The predicted octanol–water partition coefficient (Wildman–Crippen LogP) is 2.24. The highest BCUT2D eigenvalue weighted by Crippen LogP contribution is 2.43. The molecule has 2 rings (SSSR count). The molecule has 0 radical (unpaired) electrons. The van der Waals surface area contributed by atoms with Gasteiger partial charge in [-0.1, -0.05) is 13.3 Å². The van der Waals surface area contributed by atoms with Crippen molar-refractivity contribution in [1.29, 1.82) is 0 Å². The summed E-state index contributed by atoms with van der Waals surface area (Å²) in [5, 5.41) is 0. The Morgan fingerprint density at radius 1 is 1.33 bits per heavy atom. The fraction of sp³-hybridized carbons (Fsp3) is 1.00. The maximum absolute atomic E-state index is 6.02. The molecule has 1 heterocycles. The average molecular weight is 210 g/mol. The highest BCUT2D eigenvalue weighted by molar-refractivity contribution is 5.01. The minimum Gasteiger partial charge on any atom is -0.329 e. The van der Waals surface area contributed by atoms with Gasteiger partial charge in [-0.2, -0.15) is 0 Å². The van der Waals surface area contributed by atoms with E-state index in [4.69, 9.17) is 5.73 Å². The van der Waals surface area contributed by atoms with Gasteiger partial charge in [-0.15, -0.1) is 0 Å². The molecule has 2 unspecified atom stereocenters. The summed E-state index contributed by atoms with van der Waals surface area (Å²) in [6.45, 7) is 8.13. The summed E-state index contributed by atoms with van der Waals surface area (Å²) in [6, 6.07) is 0. The molecule has 1 aliphatic carbocycles. The highest BCUT2D eigenvalue weighted by atomic mass is 15.2. The van der Waals surface area contributed by atoms with E-state index >= 15 is 0 Å². The summed E-state index contributed by atoms with van der Waals surface area (Å²) in [6.07, 6.45) is 6.95. The van der Waals surface area contributed by atoms with E-state index in [9.17, 15) is 0 Å². The van der Waals surface area contributed by atoms with Gasteiger partial charge < -0.3 is 5.73 Å². The Labute approximate surface area is 94.2 Å². The summed E-state index contributed by atoms with van der Waals surface area (Å²) in [7, 11) is 0. The van der Waals surface area contributed by atoms with Gasteiger partial charge in [-0.05, 0) is 51.0 Å². The number of nitrogens with zero attached hydrogens (tertiary/aromatic N) is 1. The van der Waals surface area contributed by atoms with Crippen LogP contribution in [-0.4, -0.2) is 30.1 Å². The third kappa shape index (κ3) is 2.21. The Bertz CT molecular complexity index is 213. The van der Waals surface area contributed by atoms with Crippen molar-refractivity contribution in [1.82, 2.24) is 4.90 Å². The normalized spacial score (nSPS) is 32.6. The van der Waals surface area contributed by atoms with E-state index in [0.29, 0.717) is 5.54 Å². The average Bonchev–Trinajstić information content (AvgIpc) is 3.12. The summed E-state index contributed by atoms with van der Waals surface area (Å²) in [5.41, 5.74) is 6.34. The van der Waals surface area contributed by atoms with Crippen LogP contribution in [0.3, 0.4) is 0 Å². The maximum atomic E-state index is 6.02. The minimum absolute atomic E-state index is 0.313. The van der Waals surface area contributed by atoms with Crippen LogP contribution in [0.25, 0.3) is 0 Å². The molecule has 1 aliphatic heterocycles. The van der Waals surface area contributed by atoms with Gasteiger partial charge in [0.2, 0.25) is 0 Å². The van der Waals surface area contributed by atoms with E-state index in [1.807, 2.05) is 0 Å². The quantitative estimate of drug-likeness (QED) is 0.771. The molecule has 0 aromatic carbocycles. The molecule has 2 N–H and O–H groups in total. The first-order valence-corrected chi connectivity index (χ1v) is 6.65. The van der Waals surface area contributed by atoms with Gasteiger partial charge in [0.1, 0.15) is 0 Å². The van der Waals surface area contributed by atoms with E-state index < -0.39 is 0 Å². The van der Waals surface area contributed by atoms with E-state index in [1.54, 1.807) is 0 Å². The van der Waals surface area contributed by atoms with Gasteiger partial charge in [-0.3, -0.25) is 4.90 Å². The van der Waals surface area contributed by atoms with Gasteiger partial charge in [0, 0.05) is 18.6 Å². The first kappa shape index (κ1) is 11.4. The Hall–Kier alpha value is -0.0800. The molecule has 1 saturated carbocycles. The van der Waals surface area contributed by atoms with Crippen LogP contribution in [0.2, 0.25) is 0 Å². The zero-order valence-electron chi connectivity index (χ0n) is 10.3. The van der Waals surface area contributed by atoms with Crippen molar-refractivity contribution >= 4 is 0 Å². The summed E-state index contributed by atoms with van der Waals surface area (Å²) in [4.78, 5) is 2.70. The number of hydrogen-bond acceptors (Lipinski definition) is 2. The molecule has 0 aromatic heterocycles. The highest BCUT2D eigenvalue weighted by Gasteiger charge is 2.45. The van der Waals surface area contributed by atoms with Crippen molar-refractivity contribution in [3.63, 3.8) is 0 Å². The molecule has 0 amide bonds. The SMILES string of the molecule is CCC1CCCN(C(C)(CN)C2CC2)C1. The lowest BCUT2D eigenvalue weighted by molar-refractivity contribution is 0.0431. The van der Waals surface area contributed by atoms with Crippen molar-refractivity contribution in [3.8, 4) is 0 Å². The van der Waals surface area contributed by atoms with Crippen LogP contribution in [0.1, 0.15) is 46.0 Å². The lowest BCUT2D eigenvalue weighted by Gasteiger charge is -2.45. The number of nitrogens with two attached hydrogens (primary N) is 1.